The smallest absolute Gasteiger partial charge is 0.354 e. The Bertz CT molecular complexity index is 417. The van der Waals surface area contributed by atoms with Crippen molar-refractivity contribution in [2.75, 3.05) is 23.9 Å². The largest absolute Gasteiger partial charge is 0.477 e. The van der Waals surface area contributed by atoms with E-state index in [1.54, 1.807) is 24.8 Å². The van der Waals surface area contributed by atoms with E-state index in [4.69, 9.17) is 5.11 Å². The number of amides is 2. The van der Waals surface area contributed by atoms with Crippen LogP contribution >= 0.6 is 11.8 Å². The first-order valence-corrected chi connectivity index (χ1v) is 6.40. The molecule has 0 fully saturated rings. The van der Waals surface area contributed by atoms with E-state index in [9.17, 15) is 9.59 Å². The van der Waals surface area contributed by atoms with Gasteiger partial charge >= 0.3 is 12.0 Å². The molecule has 0 aliphatic carbocycles. The van der Waals surface area contributed by atoms with Gasteiger partial charge in [0.15, 0.2) is 0 Å². The van der Waals surface area contributed by atoms with Gasteiger partial charge < -0.3 is 20.7 Å². The number of thioether (sulfide) groups is 1. The van der Waals surface area contributed by atoms with E-state index in [1.807, 2.05) is 6.26 Å². The second-order valence-electron chi connectivity index (χ2n) is 3.42. The molecule has 0 saturated carbocycles. The molecule has 17 heavy (non-hydrogen) atoms. The average molecular weight is 257 g/mol. The molecule has 1 rings (SSSR count). The highest BCUT2D eigenvalue weighted by Gasteiger charge is 2.14. The molecule has 1 aromatic heterocycles. The number of carbonyl (C=O) groups excluding carboxylic acids is 1. The van der Waals surface area contributed by atoms with E-state index in [-0.39, 0.29) is 11.4 Å². The fourth-order valence-electron chi connectivity index (χ4n) is 1.29. The summed E-state index contributed by atoms with van der Waals surface area (Å²) in [6.45, 7) is 2.27. The second kappa shape index (κ2) is 6.19. The van der Waals surface area contributed by atoms with Crippen molar-refractivity contribution in [2.24, 2.45) is 0 Å². The van der Waals surface area contributed by atoms with Crippen LogP contribution in [0.3, 0.4) is 0 Å². The average Bonchev–Trinajstić information content (AvgIpc) is 2.60. The number of urea groups is 1. The van der Waals surface area contributed by atoms with Crippen molar-refractivity contribution in [1.29, 1.82) is 0 Å². The van der Waals surface area contributed by atoms with E-state index in [2.05, 4.69) is 15.6 Å². The van der Waals surface area contributed by atoms with Crippen molar-refractivity contribution in [1.82, 2.24) is 10.3 Å². The van der Waals surface area contributed by atoms with Crippen molar-refractivity contribution >= 4 is 29.4 Å². The Kier molecular flexibility index (Phi) is 4.89. The molecule has 1 aromatic rings. The summed E-state index contributed by atoms with van der Waals surface area (Å²) in [5, 5.41) is 14.0. The summed E-state index contributed by atoms with van der Waals surface area (Å²) < 4.78 is 0. The van der Waals surface area contributed by atoms with Crippen molar-refractivity contribution in [3.63, 3.8) is 0 Å². The number of rotatable bonds is 5. The zero-order valence-electron chi connectivity index (χ0n) is 9.66. The molecule has 0 radical (unpaired) electrons. The first-order valence-electron chi connectivity index (χ1n) is 5.01. The van der Waals surface area contributed by atoms with Gasteiger partial charge in [-0.1, -0.05) is 0 Å². The van der Waals surface area contributed by atoms with Gasteiger partial charge in [0, 0.05) is 18.0 Å². The number of H-pyrrole nitrogens is 1. The summed E-state index contributed by atoms with van der Waals surface area (Å²) in [5.74, 6) is -0.289. The summed E-state index contributed by atoms with van der Waals surface area (Å²) in [7, 11) is 0. The molecule has 0 spiro atoms. The van der Waals surface area contributed by atoms with Gasteiger partial charge in [0.2, 0.25) is 0 Å². The zero-order valence-corrected chi connectivity index (χ0v) is 10.5. The maximum atomic E-state index is 11.4. The Labute approximate surface area is 103 Å². The van der Waals surface area contributed by atoms with Crippen molar-refractivity contribution in [2.45, 2.75) is 6.92 Å². The third kappa shape index (κ3) is 4.03. The van der Waals surface area contributed by atoms with Gasteiger partial charge in [-0.25, -0.2) is 9.59 Å². The lowest BCUT2D eigenvalue weighted by atomic mass is 10.3. The van der Waals surface area contributed by atoms with Gasteiger partial charge in [-0.2, -0.15) is 11.8 Å². The monoisotopic (exact) mass is 257 g/mol. The lowest BCUT2D eigenvalue weighted by Gasteiger charge is -2.06. The van der Waals surface area contributed by atoms with Crippen molar-refractivity contribution in [3.8, 4) is 0 Å². The van der Waals surface area contributed by atoms with E-state index in [0.29, 0.717) is 12.2 Å². The molecule has 0 saturated heterocycles. The van der Waals surface area contributed by atoms with Crippen LogP contribution < -0.4 is 10.6 Å². The molecule has 0 aliphatic heterocycles. The van der Waals surface area contributed by atoms with E-state index < -0.39 is 12.0 Å². The molecule has 0 aliphatic rings. The molecule has 6 nitrogen and oxygen atoms in total. The summed E-state index contributed by atoms with van der Waals surface area (Å²) >= 11 is 1.62. The minimum absolute atomic E-state index is 0.0116. The second-order valence-corrected chi connectivity index (χ2v) is 4.41. The first kappa shape index (κ1) is 13.4. The number of hydrogen-bond donors (Lipinski definition) is 4. The summed E-state index contributed by atoms with van der Waals surface area (Å²) in [6.07, 6.45) is 1.94. The Morgan fingerprint density at radius 3 is 2.82 bits per heavy atom. The van der Waals surface area contributed by atoms with Crippen molar-refractivity contribution in [3.05, 3.63) is 17.5 Å². The van der Waals surface area contributed by atoms with Gasteiger partial charge in [-0.15, -0.1) is 0 Å². The Hall–Kier alpha value is -1.63. The highest BCUT2D eigenvalue weighted by molar-refractivity contribution is 7.98. The van der Waals surface area contributed by atoms with Crippen LogP contribution in [0.5, 0.6) is 0 Å². The van der Waals surface area contributed by atoms with Gasteiger partial charge in [0.25, 0.3) is 0 Å². The van der Waals surface area contributed by atoms with Gasteiger partial charge in [0.1, 0.15) is 5.69 Å². The van der Waals surface area contributed by atoms with Crippen LogP contribution in [0.2, 0.25) is 0 Å². The SMILES string of the molecule is CSCCNC(=O)Nc1cc(C)[nH]c1C(=O)O. The lowest BCUT2D eigenvalue weighted by Crippen LogP contribution is -2.30. The Morgan fingerprint density at radius 1 is 1.53 bits per heavy atom. The summed E-state index contributed by atoms with van der Waals surface area (Å²) in [6, 6.07) is 1.18. The third-order valence-corrected chi connectivity index (χ3v) is 2.62. The minimum atomic E-state index is -1.10. The predicted molar refractivity (Wildman–Crippen MR) is 67.9 cm³/mol. The molecular weight excluding hydrogens is 242 g/mol. The molecule has 0 unspecified atom stereocenters. The molecular formula is C10H15N3O3S. The van der Waals surface area contributed by atoms with Crippen LogP contribution in [-0.4, -0.2) is 40.6 Å². The topological polar surface area (TPSA) is 94.2 Å². The fourth-order valence-corrected chi connectivity index (χ4v) is 1.60. The number of carboxylic acid groups (broad SMARTS) is 1. The molecule has 4 N–H and O–H groups in total. The number of nitrogens with one attached hydrogen (secondary N) is 3. The molecule has 94 valence electrons. The number of carbonyl (C=O) groups is 2. The maximum Gasteiger partial charge on any atom is 0.354 e. The third-order valence-electron chi connectivity index (χ3n) is 2.01. The number of aromatic carboxylic acids is 1. The van der Waals surface area contributed by atoms with Gasteiger partial charge in [-0.3, -0.25) is 0 Å². The molecule has 0 atom stereocenters. The van der Waals surface area contributed by atoms with Crippen LogP contribution in [0.25, 0.3) is 0 Å². The Balaban J connectivity index is 2.61. The van der Waals surface area contributed by atoms with Crippen LogP contribution in [0.15, 0.2) is 6.07 Å². The number of carboxylic acids is 1. The van der Waals surface area contributed by atoms with Crippen LogP contribution in [0.4, 0.5) is 10.5 Å². The van der Waals surface area contributed by atoms with Gasteiger partial charge in [0.05, 0.1) is 5.69 Å². The lowest BCUT2D eigenvalue weighted by molar-refractivity contribution is 0.0692. The van der Waals surface area contributed by atoms with E-state index >= 15 is 0 Å². The number of anilines is 1. The predicted octanol–water partition coefficient (Wildman–Crippen LogP) is 1.51. The van der Waals surface area contributed by atoms with Gasteiger partial charge in [-0.05, 0) is 19.2 Å². The minimum Gasteiger partial charge on any atom is -0.477 e. The highest BCUT2D eigenvalue weighted by Crippen LogP contribution is 2.16. The maximum absolute atomic E-state index is 11.4. The number of aryl methyl sites for hydroxylation is 1. The van der Waals surface area contributed by atoms with Crippen LogP contribution in [0.1, 0.15) is 16.2 Å². The summed E-state index contributed by atoms with van der Waals surface area (Å²) in [4.78, 5) is 25.0. The standard InChI is InChI=1S/C10H15N3O3S/c1-6-5-7(8(12-6)9(14)15)13-10(16)11-3-4-17-2/h5,12H,3-4H2,1-2H3,(H,14,15)(H2,11,13,16). The zero-order chi connectivity index (χ0) is 12.8. The molecule has 7 heteroatoms. The Morgan fingerprint density at radius 2 is 2.24 bits per heavy atom. The number of hydrogen-bond acceptors (Lipinski definition) is 3. The van der Waals surface area contributed by atoms with E-state index in [1.165, 1.54) is 0 Å². The quantitative estimate of drug-likeness (QED) is 0.601. The molecule has 1 heterocycles. The highest BCUT2D eigenvalue weighted by atomic mass is 32.2. The summed E-state index contributed by atoms with van der Waals surface area (Å²) in [5.41, 5.74) is 0.945. The molecule has 0 bridgehead atoms. The first-order chi connectivity index (χ1) is 8.04. The molecule has 0 aromatic carbocycles. The molecule has 2 amide bonds. The normalized spacial score (nSPS) is 10.0. The fraction of sp³-hybridized carbons (Fsp3) is 0.400. The van der Waals surface area contributed by atoms with Crippen molar-refractivity contribution < 1.29 is 14.7 Å². The van der Waals surface area contributed by atoms with Crippen LogP contribution in [0, 0.1) is 6.92 Å². The number of aromatic nitrogens is 1. The van der Waals surface area contributed by atoms with Crippen LogP contribution in [-0.2, 0) is 0 Å². The van der Waals surface area contributed by atoms with E-state index in [0.717, 1.165) is 5.75 Å². The number of aromatic amines is 1.